The molecule has 0 spiro atoms. The van der Waals surface area contributed by atoms with Crippen LogP contribution in [0.25, 0.3) is 5.57 Å². The summed E-state index contributed by atoms with van der Waals surface area (Å²) < 4.78 is 0. The smallest absolute Gasteiger partial charge is 0.0924 e. The summed E-state index contributed by atoms with van der Waals surface area (Å²) in [5.74, 6) is 0. The molecule has 1 aliphatic carbocycles. The summed E-state index contributed by atoms with van der Waals surface area (Å²) in [5, 5.41) is 0. The first-order chi connectivity index (χ1) is 13.5. The molecule has 0 saturated carbocycles. The fourth-order valence-corrected chi connectivity index (χ4v) is 3.92. The molecule has 0 bridgehead atoms. The highest BCUT2D eigenvalue weighted by Gasteiger charge is 2.40. The molecule has 0 amide bonds. The van der Waals surface area contributed by atoms with E-state index in [9.17, 15) is 0 Å². The van der Waals surface area contributed by atoms with Gasteiger partial charge in [-0.15, -0.1) is 0 Å². The molecular weight excluding hydrogens is 340 g/mol. The molecule has 28 heavy (non-hydrogen) atoms. The van der Waals surface area contributed by atoms with E-state index < -0.39 is 0 Å². The second-order valence-corrected chi connectivity index (χ2v) is 7.32. The normalized spacial score (nSPS) is 22.5. The lowest BCUT2D eigenvalue weighted by Gasteiger charge is -2.39. The van der Waals surface area contributed by atoms with Gasteiger partial charge in [0.2, 0.25) is 0 Å². The molecule has 1 heterocycles. The van der Waals surface area contributed by atoms with Gasteiger partial charge in [-0.1, -0.05) is 61.2 Å². The SMILES string of the molecule is C=C(C1=CCC2(C)C(/C(C)=C/C=C\C)=CC=NC2=C1N=CC)c1ccccc1. The van der Waals surface area contributed by atoms with E-state index in [0.717, 1.165) is 34.5 Å². The van der Waals surface area contributed by atoms with E-state index in [2.05, 4.69) is 62.9 Å². The van der Waals surface area contributed by atoms with Crippen LogP contribution in [0.5, 0.6) is 0 Å². The average Bonchev–Trinajstić information content (AvgIpc) is 2.72. The highest BCUT2D eigenvalue weighted by Crippen LogP contribution is 2.51. The lowest BCUT2D eigenvalue weighted by molar-refractivity contribution is 0.471. The standard InChI is InChI=1S/C26H28N2/c1-6-8-12-19(3)23-16-18-28-25-24(27-7-2)22(15-17-26(23,25)5)20(4)21-13-10-9-11-14-21/h6-16,18H,4,17H2,1-3,5H3/b8-6-,19-12+,27-7?. The molecule has 0 fully saturated rings. The van der Waals surface area contributed by atoms with Crippen LogP contribution in [0.2, 0.25) is 0 Å². The molecule has 1 aromatic carbocycles. The predicted molar refractivity (Wildman–Crippen MR) is 123 cm³/mol. The van der Waals surface area contributed by atoms with Crippen LogP contribution in [0.15, 0.2) is 105 Å². The lowest BCUT2D eigenvalue weighted by atomic mass is 9.68. The molecule has 0 saturated heterocycles. The Morgan fingerprint density at radius 3 is 2.64 bits per heavy atom. The van der Waals surface area contributed by atoms with E-state index in [-0.39, 0.29) is 5.41 Å². The van der Waals surface area contributed by atoms with Gasteiger partial charge in [-0.3, -0.25) is 9.98 Å². The molecule has 1 aliphatic heterocycles. The summed E-state index contributed by atoms with van der Waals surface area (Å²) in [5.41, 5.74) is 7.47. The zero-order valence-corrected chi connectivity index (χ0v) is 17.2. The third-order valence-electron chi connectivity index (χ3n) is 5.42. The maximum absolute atomic E-state index is 4.80. The van der Waals surface area contributed by atoms with Crippen LogP contribution in [0, 0.1) is 5.41 Å². The maximum atomic E-state index is 4.80. The number of hydrogen-bond acceptors (Lipinski definition) is 2. The van der Waals surface area contributed by atoms with Crippen molar-refractivity contribution in [3.05, 3.63) is 101 Å². The summed E-state index contributed by atoms with van der Waals surface area (Å²) in [6, 6.07) is 10.3. The van der Waals surface area contributed by atoms with Gasteiger partial charge in [0.15, 0.2) is 0 Å². The summed E-state index contributed by atoms with van der Waals surface area (Å²) >= 11 is 0. The number of fused-ring (bicyclic) bond motifs is 1. The Morgan fingerprint density at radius 2 is 1.96 bits per heavy atom. The Morgan fingerprint density at radius 1 is 1.21 bits per heavy atom. The number of aliphatic imine (C=N–C) groups is 2. The molecule has 1 atom stereocenters. The van der Waals surface area contributed by atoms with Crippen LogP contribution < -0.4 is 0 Å². The quantitative estimate of drug-likeness (QED) is 0.400. The zero-order valence-electron chi connectivity index (χ0n) is 17.2. The van der Waals surface area contributed by atoms with E-state index in [0.29, 0.717) is 0 Å². The first kappa shape index (κ1) is 19.8. The van der Waals surface area contributed by atoms with Gasteiger partial charge in [-0.2, -0.15) is 0 Å². The third kappa shape index (κ3) is 3.55. The highest BCUT2D eigenvalue weighted by atomic mass is 14.9. The van der Waals surface area contributed by atoms with Gasteiger partial charge >= 0.3 is 0 Å². The van der Waals surface area contributed by atoms with Crippen molar-refractivity contribution in [3.8, 4) is 0 Å². The summed E-state index contributed by atoms with van der Waals surface area (Å²) in [6.45, 7) is 12.8. The van der Waals surface area contributed by atoms with E-state index in [1.807, 2.05) is 44.5 Å². The Bertz CT molecular complexity index is 979. The largest absolute Gasteiger partial charge is 0.259 e. The van der Waals surface area contributed by atoms with Crippen LogP contribution >= 0.6 is 0 Å². The molecule has 0 N–H and O–H groups in total. The zero-order chi connectivity index (χ0) is 20.1. The third-order valence-corrected chi connectivity index (χ3v) is 5.42. The fourth-order valence-electron chi connectivity index (χ4n) is 3.92. The van der Waals surface area contributed by atoms with E-state index in [1.54, 1.807) is 0 Å². The maximum Gasteiger partial charge on any atom is 0.0924 e. The fraction of sp³-hybridized carbons (Fsp3) is 0.231. The number of benzene rings is 1. The van der Waals surface area contributed by atoms with Crippen LogP contribution in [-0.4, -0.2) is 12.4 Å². The Labute approximate surface area is 168 Å². The number of allylic oxidation sites excluding steroid dienone is 8. The Balaban J connectivity index is 2.11. The molecule has 1 unspecified atom stereocenters. The number of nitrogens with zero attached hydrogens (tertiary/aromatic N) is 2. The van der Waals surface area contributed by atoms with Crippen molar-refractivity contribution in [1.29, 1.82) is 0 Å². The average molecular weight is 369 g/mol. The molecule has 2 aliphatic rings. The molecular formula is C26H28N2. The number of dihydropyridines is 1. The Hall–Kier alpha value is -3.00. The summed E-state index contributed by atoms with van der Waals surface area (Å²) in [7, 11) is 0. The second kappa shape index (κ2) is 8.35. The van der Waals surface area contributed by atoms with Gasteiger partial charge in [0.05, 0.1) is 11.4 Å². The molecule has 2 nitrogen and oxygen atoms in total. The topological polar surface area (TPSA) is 24.7 Å². The van der Waals surface area contributed by atoms with Gasteiger partial charge in [0.25, 0.3) is 0 Å². The first-order valence-electron chi connectivity index (χ1n) is 9.76. The Kier molecular flexibility index (Phi) is 5.89. The second-order valence-electron chi connectivity index (χ2n) is 7.32. The van der Waals surface area contributed by atoms with E-state index in [4.69, 9.17) is 9.98 Å². The van der Waals surface area contributed by atoms with Gasteiger partial charge in [-0.05, 0) is 62.5 Å². The number of hydrogen-bond donors (Lipinski definition) is 0. The molecule has 0 radical (unpaired) electrons. The molecule has 142 valence electrons. The van der Waals surface area contributed by atoms with Crippen molar-refractivity contribution in [2.75, 3.05) is 0 Å². The molecule has 1 aromatic rings. The van der Waals surface area contributed by atoms with Gasteiger partial charge < -0.3 is 0 Å². The van der Waals surface area contributed by atoms with Crippen molar-refractivity contribution >= 4 is 18.0 Å². The van der Waals surface area contributed by atoms with Crippen LogP contribution in [0.4, 0.5) is 0 Å². The van der Waals surface area contributed by atoms with Crippen molar-refractivity contribution in [2.24, 2.45) is 15.4 Å². The monoisotopic (exact) mass is 368 g/mol. The van der Waals surface area contributed by atoms with Gasteiger partial charge in [-0.25, -0.2) is 0 Å². The van der Waals surface area contributed by atoms with Crippen molar-refractivity contribution in [2.45, 2.75) is 34.1 Å². The molecule has 2 heteroatoms. The van der Waals surface area contributed by atoms with Crippen molar-refractivity contribution in [3.63, 3.8) is 0 Å². The first-order valence-corrected chi connectivity index (χ1v) is 9.76. The summed E-state index contributed by atoms with van der Waals surface area (Å²) in [4.78, 5) is 9.55. The van der Waals surface area contributed by atoms with Gasteiger partial charge in [0, 0.05) is 23.4 Å². The summed E-state index contributed by atoms with van der Waals surface area (Å²) in [6.07, 6.45) is 15.3. The van der Waals surface area contributed by atoms with Gasteiger partial charge in [0.1, 0.15) is 0 Å². The van der Waals surface area contributed by atoms with Crippen LogP contribution in [0.3, 0.4) is 0 Å². The molecule has 0 aromatic heterocycles. The molecule has 3 rings (SSSR count). The predicted octanol–water partition coefficient (Wildman–Crippen LogP) is 6.87. The van der Waals surface area contributed by atoms with Crippen LogP contribution in [0.1, 0.15) is 39.7 Å². The highest BCUT2D eigenvalue weighted by molar-refractivity contribution is 5.86. The van der Waals surface area contributed by atoms with Crippen molar-refractivity contribution < 1.29 is 0 Å². The van der Waals surface area contributed by atoms with Crippen molar-refractivity contribution in [1.82, 2.24) is 0 Å². The van der Waals surface area contributed by atoms with E-state index in [1.165, 1.54) is 11.1 Å². The minimum atomic E-state index is -0.195. The van der Waals surface area contributed by atoms with Crippen LogP contribution in [-0.2, 0) is 0 Å². The number of rotatable bonds is 5. The lowest BCUT2D eigenvalue weighted by Crippen LogP contribution is -2.28. The van der Waals surface area contributed by atoms with E-state index >= 15 is 0 Å². The minimum Gasteiger partial charge on any atom is -0.259 e. The minimum absolute atomic E-state index is 0.195.